The third-order valence-corrected chi connectivity index (χ3v) is 6.61. The highest BCUT2D eigenvalue weighted by Crippen LogP contribution is 2.18. The van der Waals surface area contributed by atoms with E-state index in [0.717, 1.165) is 36.2 Å². The van der Waals surface area contributed by atoms with E-state index in [-0.39, 0.29) is 16.8 Å². The molecule has 1 aromatic rings. The molecule has 1 aliphatic rings. The summed E-state index contributed by atoms with van der Waals surface area (Å²) in [5, 5.41) is 2.86. The van der Waals surface area contributed by atoms with Gasteiger partial charge in [-0.3, -0.25) is 4.79 Å². The van der Waals surface area contributed by atoms with Gasteiger partial charge in [-0.2, -0.15) is 0 Å². The molecule has 1 fully saturated rings. The van der Waals surface area contributed by atoms with Crippen molar-refractivity contribution in [2.45, 2.75) is 37.6 Å². The molecule has 6 nitrogen and oxygen atoms in total. The second kappa shape index (κ2) is 7.63. The molecule has 0 aromatic heterocycles. The first-order valence-electron chi connectivity index (χ1n) is 8.40. The number of nitrogens with one attached hydrogen (secondary N) is 2. The van der Waals surface area contributed by atoms with Crippen molar-refractivity contribution in [1.29, 1.82) is 0 Å². The summed E-state index contributed by atoms with van der Waals surface area (Å²) in [5.41, 5.74) is 0.513. The number of carbonyl (C=O) groups excluding carboxylic acids is 1. The topological polar surface area (TPSA) is 70.9 Å². The van der Waals surface area contributed by atoms with E-state index in [1.54, 1.807) is 12.1 Å². The van der Waals surface area contributed by atoms with Crippen LogP contribution in [-0.2, 0) is 14.8 Å². The average Bonchev–Trinajstić information content (AvgIpc) is 2.55. The van der Waals surface area contributed by atoms with E-state index < -0.39 is 10.0 Å². The molecule has 0 saturated carbocycles. The quantitative estimate of drug-likeness (QED) is 0.813. The molecule has 2 N–H and O–H groups in total. The second-order valence-corrected chi connectivity index (χ2v) is 9.02. The van der Waals surface area contributed by atoms with Gasteiger partial charge in [0.05, 0.1) is 18.0 Å². The largest absolute Gasteiger partial charge is 0.325 e. The van der Waals surface area contributed by atoms with E-state index in [0.29, 0.717) is 5.69 Å². The lowest BCUT2D eigenvalue weighted by molar-refractivity contribution is -0.919. The fraction of sp³-hybridized carbons (Fsp3) is 0.588. The number of rotatable bonds is 5. The summed E-state index contributed by atoms with van der Waals surface area (Å²) in [6, 6.07) is 6.25. The van der Waals surface area contributed by atoms with Crippen LogP contribution in [0, 0.1) is 5.92 Å². The maximum atomic E-state index is 12.5. The molecule has 0 spiro atoms. The van der Waals surface area contributed by atoms with Crippen LogP contribution in [0.2, 0.25) is 0 Å². The van der Waals surface area contributed by atoms with E-state index in [1.807, 2.05) is 6.92 Å². The lowest BCUT2D eigenvalue weighted by atomic mass is 9.98. The minimum Gasteiger partial charge on any atom is -0.325 e. The van der Waals surface area contributed by atoms with Crippen molar-refractivity contribution in [3.63, 3.8) is 0 Å². The van der Waals surface area contributed by atoms with Gasteiger partial charge in [0, 0.05) is 19.8 Å². The van der Waals surface area contributed by atoms with Crippen molar-refractivity contribution in [3.05, 3.63) is 24.3 Å². The van der Waals surface area contributed by atoms with Crippen molar-refractivity contribution in [2.24, 2.45) is 5.92 Å². The third-order valence-electron chi connectivity index (χ3n) is 4.80. The predicted octanol–water partition coefficient (Wildman–Crippen LogP) is 0.579. The summed E-state index contributed by atoms with van der Waals surface area (Å²) in [6.07, 6.45) is 2.28. The van der Waals surface area contributed by atoms with Crippen molar-refractivity contribution in [3.8, 4) is 0 Å². The van der Waals surface area contributed by atoms with Gasteiger partial charge in [0.2, 0.25) is 10.0 Å². The van der Waals surface area contributed by atoms with Crippen LogP contribution in [0.1, 0.15) is 26.7 Å². The summed E-state index contributed by atoms with van der Waals surface area (Å²) in [6.45, 7) is 6.19. The number of hydrogen-bond acceptors (Lipinski definition) is 3. The number of likely N-dealkylation sites (tertiary alicyclic amines) is 1. The second-order valence-electron chi connectivity index (χ2n) is 6.87. The van der Waals surface area contributed by atoms with Gasteiger partial charge >= 0.3 is 0 Å². The molecule has 1 aromatic carbocycles. The van der Waals surface area contributed by atoms with Gasteiger partial charge in [-0.05, 0) is 43.9 Å². The molecule has 24 heavy (non-hydrogen) atoms. The molecule has 1 saturated heterocycles. The van der Waals surface area contributed by atoms with Crippen LogP contribution in [0.5, 0.6) is 0 Å². The van der Waals surface area contributed by atoms with Crippen LogP contribution in [0.25, 0.3) is 0 Å². The summed E-state index contributed by atoms with van der Waals surface area (Å²) < 4.78 is 25.5. The van der Waals surface area contributed by atoms with Gasteiger partial charge < -0.3 is 10.2 Å². The van der Waals surface area contributed by atoms with Crippen LogP contribution in [-0.4, -0.2) is 51.9 Å². The lowest BCUT2D eigenvalue weighted by Crippen LogP contribution is -3.17. The van der Waals surface area contributed by atoms with Gasteiger partial charge in [-0.15, -0.1) is 0 Å². The molecule has 1 amide bonds. The molecule has 0 radical (unpaired) electrons. The Bertz CT molecular complexity index is 680. The molecule has 1 aliphatic heterocycles. The maximum absolute atomic E-state index is 12.5. The molecule has 7 heteroatoms. The van der Waals surface area contributed by atoms with Crippen molar-refractivity contribution in [1.82, 2.24) is 4.31 Å². The number of nitrogens with zero attached hydrogens (tertiary/aromatic N) is 1. The van der Waals surface area contributed by atoms with Crippen molar-refractivity contribution in [2.75, 3.05) is 32.5 Å². The summed E-state index contributed by atoms with van der Waals surface area (Å²) >= 11 is 0. The summed E-state index contributed by atoms with van der Waals surface area (Å²) in [7, 11) is -0.526. The summed E-state index contributed by atoms with van der Waals surface area (Å²) in [4.78, 5) is 14.0. The van der Waals surface area contributed by atoms with Crippen LogP contribution in [0.4, 0.5) is 5.69 Å². The Kier molecular flexibility index (Phi) is 6.01. The molecular weight excluding hydrogens is 326 g/mol. The molecule has 2 rings (SSSR count). The first-order valence-corrected chi connectivity index (χ1v) is 9.84. The number of benzene rings is 1. The highest BCUT2D eigenvalue weighted by molar-refractivity contribution is 7.89. The van der Waals surface area contributed by atoms with E-state index >= 15 is 0 Å². The zero-order valence-corrected chi connectivity index (χ0v) is 15.7. The minimum atomic E-state index is -3.51. The fourth-order valence-electron chi connectivity index (χ4n) is 2.95. The number of anilines is 1. The Morgan fingerprint density at radius 1 is 1.29 bits per heavy atom. The van der Waals surface area contributed by atoms with E-state index in [9.17, 15) is 13.2 Å². The lowest BCUT2D eigenvalue weighted by Gasteiger charge is -2.31. The zero-order valence-electron chi connectivity index (χ0n) is 14.9. The van der Waals surface area contributed by atoms with E-state index in [2.05, 4.69) is 12.2 Å². The van der Waals surface area contributed by atoms with Crippen LogP contribution in [0.3, 0.4) is 0 Å². The van der Waals surface area contributed by atoms with Crippen LogP contribution in [0.15, 0.2) is 29.2 Å². The predicted molar refractivity (Wildman–Crippen MR) is 94.5 cm³/mol. The van der Waals surface area contributed by atoms with Gasteiger partial charge in [0.25, 0.3) is 5.91 Å². The average molecular weight is 354 g/mol. The van der Waals surface area contributed by atoms with Gasteiger partial charge in [-0.25, -0.2) is 12.7 Å². The number of carbonyl (C=O) groups is 1. The Morgan fingerprint density at radius 2 is 1.92 bits per heavy atom. The molecule has 0 aliphatic carbocycles. The summed E-state index contributed by atoms with van der Waals surface area (Å²) in [5.74, 6) is 0.663. The number of quaternary nitrogens is 1. The maximum Gasteiger partial charge on any atom is 0.282 e. The molecule has 1 heterocycles. The van der Waals surface area contributed by atoms with E-state index in [4.69, 9.17) is 0 Å². The Morgan fingerprint density at radius 3 is 2.50 bits per heavy atom. The highest BCUT2D eigenvalue weighted by Gasteiger charge is 2.29. The Hall–Kier alpha value is -1.44. The van der Waals surface area contributed by atoms with Gasteiger partial charge in [0.15, 0.2) is 6.04 Å². The van der Waals surface area contributed by atoms with Crippen molar-refractivity contribution < 1.29 is 18.1 Å². The number of amides is 1. The number of sulfonamides is 1. The monoisotopic (exact) mass is 354 g/mol. The number of piperidine rings is 1. The van der Waals surface area contributed by atoms with Gasteiger partial charge in [0.1, 0.15) is 0 Å². The Balaban J connectivity index is 2.07. The first kappa shape index (κ1) is 18.9. The standard InChI is InChI=1S/C17H27N3O3S/c1-13-8-10-20(11-9-13)14(2)17(21)18-15-6-5-7-16(12-15)24(22,23)19(3)4/h5-7,12-14H,8-11H2,1-4H3,(H,18,21)/p+1/t14-/m0/s1. The molecule has 0 unspecified atom stereocenters. The normalized spacial score (nSPS) is 23.0. The SMILES string of the molecule is CC1CC[NH+]([C@@H](C)C(=O)Nc2cccc(S(=O)(=O)N(C)C)c2)CC1. The highest BCUT2D eigenvalue weighted by atomic mass is 32.2. The van der Waals surface area contributed by atoms with Gasteiger partial charge in [-0.1, -0.05) is 13.0 Å². The Labute approximate surface area is 144 Å². The van der Waals surface area contributed by atoms with E-state index in [1.165, 1.54) is 31.1 Å². The minimum absolute atomic E-state index is 0.0704. The molecular formula is C17H28N3O3S+. The number of hydrogen-bond donors (Lipinski definition) is 2. The molecule has 134 valence electrons. The fourth-order valence-corrected chi connectivity index (χ4v) is 3.90. The van der Waals surface area contributed by atoms with Crippen LogP contribution >= 0.6 is 0 Å². The molecule has 0 bridgehead atoms. The van der Waals surface area contributed by atoms with Crippen molar-refractivity contribution >= 4 is 21.6 Å². The van der Waals surface area contributed by atoms with Crippen LogP contribution < -0.4 is 10.2 Å². The molecule has 1 atom stereocenters. The smallest absolute Gasteiger partial charge is 0.282 e. The zero-order chi connectivity index (χ0) is 17.9. The first-order chi connectivity index (χ1) is 11.2. The third kappa shape index (κ3) is 4.34.